The molecule has 29 heavy (non-hydrogen) atoms. The van der Waals surface area contributed by atoms with Gasteiger partial charge in [-0.1, -0.05) is 0 Å². The maximum atomic E-state index is 14.4. The number of nitriles is 1. The third-order valence-corrected chi connectivity index (χ3v) is 5.14. The first kappa shape index (κ1) is 18.8. The molecule has 1 heterocycles. The second-order valence-corrected chi connectivity index (χ2v) is 6.98. The standard InChI is InChI=1S/C20H15F3N4O2/c21-13-2-4-15-12(19(13)23)8-27(20(29)26-15)9-17(28)25-16-3-1-11-5-10(7-24)6-14(22)18(11)16/h2,4-6,16H,1,3,8-9H2,(H,25,28)(H,26,29)/t16-/m0/s1. The van der Waals surface area contributed by atoms with Gasteiger partial charge in [0.25, 0.3) is 0 Å². The minimum atomic E-state index is -1.08. The van der Waals surface area contributed by atoms with Crippen molar-refractivity contribution in [3.8, 4) is 6.07 Å². The molecule has 0 fully saturated rings. The zero-order valence-corrected chi connectivity index (χ0v) is 15.1. The Balaban J connectivity index is 1.47. The predicted octanol–water partition coefficient (Wildman–Crippen LogP) is 3.13. The van der Waals surface area contributed by atoms with E-state index in [1.807, 2.05) is 6.07 Å². The van der Waals surface area contributed by atoms with E-state index in [2.05, 4.69) is 10.6 Å². The molecular weight excluding hydrogens is 385 g/mol. The second-order valence-electron chi connectivity index (χ2n) is 6.98. The van der Waals surface area contributed by atoms with Crippen LogP contribution in [0.4, 0.5) is 23.7 Å². The lowest BCUT2D eigenvalue weighted by molar-refractivity contribution is -0.122. The molecule has 2 aliphatic rings. The Kier molecular flexibility index (Phi) is 4.62. The molecule has 3 amide bonds. The Labute approximate surface area is 163 Å². The molecule has 4 rings (SSSR count). The van der Waals surface area contributed by atoms with Crippen LogP contribution in [0.1, 0.15) is 34.7 Å². The Hall–Kier alpha value is -3.54. The molecule has 9 heteroatoms. The number of aryl methyl sites for hydroxylation is 1. The molecule has 1 aliphatic carbocycles. The van der Waals surface area contributed by atoms with Crippen LogP contribution < -0.4 is 10.6 Å². The van der Waals surface area contributed by atoms with Crippen LogP contribution in [0, 0.1) is 28.8 Å². The average Bonchev–Trinajstić information content (AvgIpc) is 3.09. The summed E-state index contributed by atoms with van der Waals surface area (Å²) in [6.07, 6.45) is 0.969. The molecular formula is C20H15F3N4O2. The molecule has 0 bridgehead atoms. The van der Waals surface area contributed by atoms with E-state index < -0.39 is 42.0 Å². The molecule has 1 atom stereocenters. The number of hydrogen-bond donors (Lipinski definition) is 2. The molecule has 0 radical (unpaired) electrons. The van der Waals surface area contributed by atoms with Crippen LogP contribution in [0.3, 0.4) is 0 Å². The molecule has 2 aromatic rings. The number of carbonyl (C=O) groups excluding carboxylic acids is 2. The average molecular weight is 400 g/mol. The van der Waals surface area contributed by atoms with Crippen molar-refractivity contribution >= 4 is 17.6 Å². The summed E-state index contributed by atoms with van der Waals surface area (Å²) in [5.74, 6) is -3.24. The van der Waals surface area contributed by atoms with E-state index in [9.17, 15) is 22.8 Å². The maximum Gasteiger partial charge on any atom is 0.322 e. The van der Waals surface area contributed by atoms with E-state index in [4.69, 9.17) is 5.26 Å². The summed E-state index contributed by atoms with van der Waals surface area (Å²) in [5.41, 5.74) is 1.32. The van der Waals surface area contributed by atoms with Crippen molar-refractivity contribution in [2.75, 3.05) is 11.9 Å². The van der Waals surface area contributed by atoms with E-state index in [1.165, 1.54) is 6.07 Å². The van der Waals surface area contributed by atoms with Crippen LogP contribution in [-0.2, 0) is 17.8 Å². The lowest BCUT2D eigenvalue weighted by Crippen LogP contribution is -2.45. The Morgan fingerprint density at radius 2 is 2.07 bits per heavy atom. The first-order valence-electron chi connectivity index (χ1n) is 8.92. The first-order chi connectivity index (χ1) is 13.9. The third kappa shape index (κ3) is 3.38. The maximum absolute atomic E-state index is 14.4. The predicted molar refractivity (Wildman–Crippen MR) is 96.1 cm³/mol. The Morgan fingerprint density at radius 1 is 1.28 bits per heavy atom. The molecule has 0 saturated heterocycles. The van der Waals surface area contributed by atoms with Gasteiger partial charge < -0.3 is 15.5 Å². The zero-order valence-electron chi connectivity index (χ0n) is 15.1. The SMILES string of the molecule is N#Cc1cc(F)c2c(c1)CC[C@@H]2NC(=O)CN1Cc2c(ccc(F)c2F)NC1=O. The Bertz CT molecular complexity index is 1080. The van der Waals surface area contributed by atoms with E-state index in [-0.39, 0.29) is 23.4 Å². The number of urea groups is 1. The number of nitrogens with one attached hydrogen (secondary N) is 2. The minimum Gasteiger partial charge on any atom is -0.348 e. The van der Waals surface area contributed by atoms with Gasteiger partial charge in [0, 0.05) is 11.1 Å². The number of halogens is 3. The van der Waals surface area contributed by atoms with Crippen LogP contribution in [0.15, 0.2) is 24.3 Å². The number of hydrogen-bond acceptors (Lipinski definition) is 3. The highest BCUT2D eigenvalue weighted by atomic mass is 19.2. The van der Waals surface area contributed by atoms with Crippen molar-refractivity contribution in [1.29, 1.82) is 5.26 Å². The molecule has 2 aromatic carbocycles. The Morgan fingerprint density at radius 3 is 2.83 bits per heavy atom. The van der Waals surface area contributed by atoms with Crippen LogP contribution in [0.25, 0.3) is 0 Å². The number of rotatable bonds is 3. The van der Waals surface area contributed by atoms with Gasteiger partial charge >= 0.3 is 6.03 Å². The van der Waals surface area contributed by atoms with Gasteiger partial charge in [-0.15, -0.1) is 0 Å². The smallest absolute Gasteiger partial charge is 0.322 e. The van der Waals surface area contributed by atoms with Crippen molar-refractivity contribution in [1.82, 2.24) is 10.2 Å². The highest BCUT2D eigenvalue weighted by Crippen LogP contribution is 2.34. The fourth-order valence-corrected chi connectivity index (χ4v) is 3.79. The second kappa shape index (κ2) is 7.13. The van der Waals surface area contributed by atoms with Crippen molar-refractivity contribution in [3.63, 3.8) is 0 Å². The minimum absolute atomic E-state index is 0.0429. The van der Waals surface area contributed by atoms with Gasteiger partial charge in [0.15, 0.2) is 11.6 Å². The van der Waals surface area contributed by atoms with Crippen molar-refractivity contribution in [2.45, 2.75) is 25.4 Å². The summed E-state index contributed by atoms with van der Waals surface area (Å²) >= 11 is 0. The van der Waals surface area contributed by atoms with E-state index in [1.54, 1.807) is 6.07 Å². The lowest BCUT2D eigenvalue weighted by Gasteiger charge is -2.29. The van der Waals surface area contributed by atoms with Gasteiger partial charge in [-0.05, 0) is 42.7 Å². The zero-order chi connectivity index (χ0) is 20.7. The first-order valence-corrected chi connectivity index (χ1v) is 8.92. The normalized spacial score (nSPS) is 17.2. The highest BCUT2D eigenvalue weighted by molar-refractivity contribution is 5.95. The fraction of sp³-hybridized carbons (Fsp3) is 0.250. The number of nitrogens with zero attached hydrogens (tertiary/aromatic N) is 2. The van der Waals surface area contributed by atoms with Crippen LogP contribution in [0.2, 0.25) is 0 Å². The summed E-state index contributed by atoms with van der Waals surface area (Å²) in [6.45, 7) is -0.662. The monoisotopic (exact) mass is 400 g/mol. The molecule has 148 valence electrons. The number of benzene rings is 2. The van der Waals surface area contributed by atoms with E-state index in [0.29, 0.717) is 24.0 Å². The quantitative estimate of drug-likeness (QED) is 0.830. The molecule has 0 aromatic heterocycles. The van der Waals surface area contributed by atoms with Gasteiger partial charge in [0.2, 0.25) is 5.91 Å². The molecule has 0 saturated carbocycles. The van der Waals surface area contributed by atoms with Crippen LogP contribution in [-0.4, -0.2) is 23.4 Å². The van der Waals surface area contributed by atoms with Gasteiger partial charge in [-0.2, -0.15) is 5.26 Å². The van der Waals surface area contributed by atoms with Crippen molar-refractivity contribution in [2.24, 2.45) is 0 Å². The molecule has 0 unspecified atom stereocenters. The van der Waals surface area contributed by atoms with Crippen LogP contribution in [0.5, 0.6) is 0 Å². The summed E-state index contributed by atoms with van der Waals surface area (Å²) in [5, 5.41) is 14.0. The largest absolute Gasteiger partial charge is 0.348 e. The molecule has 0 spiro atoms. The lowest BCUT2D eigenvalue weighted by atomic mass is 10.0. The van der Waals surface area contributed by atoms with Gasteiger partial charge in [0.05, 0.1) is 29.9 Å². The summed E-state index contributed by atoms with van der Waals surface area (Å²) in [6, 6.07) is 5.59. The fourth-order valence-electron chi connectivity index (χ4n) is 3.79. The molecule has 1 aliphatic heterocycles. The number of fused-ring (bicyclic) bond motifs is 2. The summed E-state index contributed by atoms with van der Waals surface area (Å²) in [4.78, 5) is 25.7. The number of carbonyl (C=O) groups is 2. The summed E-state index contributed by atoms with van der Waals surface area (Å²) < 4.78 is 41.8. The van der Waals surface area contributed by atoms with Gasteiger partial charge in [0.1, 0.15) is 12.4 Å². The molecule has 6 nitrogen and oxygen atoms in total. The number of anilines is 1. The van der Waals surface area contributed by atoms with Gasteiger partial charge in [-0.25, -0.2) is 18.0 Å². The van der Waals surface area contributed by atoms with Gasteiger partial charge in [-0.3, -0.25) is 4.79 Å². The molecule has 2 N–H and O–H groups in total. The summed E-state index contributed by atoms with van der Waals surface area (Å²) in [7, 11) is 0. The topological polar surface area (TPSA) is 85.2 Å². The van der Waals surface area contributed by atoms with Crippen molar-refractivity contribution < 1.29 is 22.8 Å². The number of amides is 3. The van der Waals surface area contributed by atoms with Crippen molar-refractivity contribution in [3.05, 3.63) is 64.0 Å². The third-order valence-electron chi connectivity index (χ3n) is 5.14. The highest BCUT2D eigenvalue weighted by Gasteiger charge is 2.31. The van der Waals surface area contributed by atoms with E-state index >= 15 is 0 Å². The van der Waals surface area contributed by atoms with Crippen LogP contribution >= 0.6 is 0 Å². The van der Waals surface area contributed by atoms with E-state index in [0.717, 1.165) is 17.0 Å².